The fourth-order valence-corrected chi connectivity index (χ4v) is 7.79. The lowest BCUT2D eigenvalue weighted by Crippen LogP contribution is -2.30. The number of hydrogen-bond donors (Lipinski definition) is 0. The van der Waals surface area contributed by atoms with Crippen molar-refractivity contribution in [3.05, 3.63) is 48.6 Å². The zero-order chi connectivity index (χ0) is 45.8. The van der Waals surface area contributed by atoms with Crippen molar-refractivity contribution in [2.45, 2.75) is 284 Å². The summed E-state index contributed by atoms with van der Waals surface area (Å²) in [4.78, 5) is 38.0. The third-order valence-electron chi connectivity index (χ3n) is 11.9. The maximum Gasteiger partial charge on any atom is 0.306 e. The molecule has 0 aliphatic carbocycles. The highest BCUT2D eigenvalue weighted by molar-refractivity contribution is 5.71. The molecule has 0 heterocycles. The molecule has 6 nitrogen and oxygen atoms in total. The molecule has 0 amide bonds. The molecule has 0 aromatic carbocycles. The second-order valence-electron chi connectivity index (χ2n) is 18.2. The molecule has 0 saturated carbocycles. The highest BCUT2D eigenvalue weighted by atomic mass is 16.6. The Hall–Kier alpha value is -2.63. The molecule has 0 bridgehead atoms. The number of allylic oxidation sites excluding steroid dienone is 8. The van der Waals surface area contributed by atoms with Crippen LogP contribution in [0.5, 0.6) is 0 Å². The summed E-state index contributed by atoms with van der Waals surface area (Å²) >= 11 is 0. The van der Waals surface area contributed by atoms with E-state index in [0.717, 1.165) is 77.0 Å². The van der Waals surface area contributed by atoms with Crippen molar-refractivity contribution < 1.29 is 28.6 Å². The zero-order valence-corrected chi connectivity index (χ0v) is 41.8. The van der Waals surface area contributed by atoms with E-state index in [4.69, 9.17) is 14.2 Å². The molecule has 0 radical (unpaired) electrons. The van der Waals surface area contributed by atoms with Crippen molar-refractivity contribution in [1.29, 1.82) is 0 Å². The molecule has 0 rings (SSSR count). The van der Waals surface area contributed by atoms with E-state index >= 15 is 0 Å². The Balaban J connectivity index is 4.36. The van der Waals surface area contributed by atoms with Crippen molar-refractivity contribution in [3.63, 3.8) is 0 Å². The Morgan fingerprint density at radius 3 is 1.00 bits per heavy atom. The fraction of sp³-hybridized carbons (Fsp3) is 0.807. The average Bonchev–Trinajstić information content (AvgIpc) is 3.28. The number of unbranched alkanes of at least 4 members (excludes halogenated alkanes) is 32. The van der Waals surface area contributed by atoms with Gasteiger partial charge in [0.1, 0.15) is 13.2 Å². The summed E-state index contributed by atoms with van der Waals surface area (Å²) in [5.41, 5.74) is 0. The van der Waals surface area contributed by atoms with Crippen LogP contribution in [0.2, 0.25) is 0 Å². The lowest BCUT2D eigenvalue weighted by molar-refractivity contribution is -0.167. The Labute approximate surface area is 390 Å². The number of ether oxygens (including phenoxy) is 3. The lowest BCUT2D eigenvalue weighted by Gasteiger charge is -2.18. The SMILES string of the molecule is CC\C=C/C=C\C=C/CCCCCCCCCC(=O)OC(COC(=O)CCCCCCC/C=C\CCCCCCCCCCC)COC(=O)CCCCCCCCCCCCCC. The summed E-state index contributed by atoms with van der Waals surface area (Å²) in [6.45, 7) is 6.51. The van der Waals surface area contributed by atoms with Gasteiger partial charge in [0.05, 0.1) is 0 Å². The minimum atomic E-state index is -0.780. The van der Waals surface area contributed by atoms with Crippen LogP contribution in [0.25, 0.3) is 0 Å². The van der Waals surface area contributed by atoms with Crippen LogP contribution in [-0.2, 0) is 28.6 Å². The van der Waals surface area contributed by atoms with Gasteiger partial charge in [0, 0.05) is 19.3 Å². The lowest BCUT2D eigenvalue weighted by atomic mass is 10.0. The van der Waals surface area contributed by atoms with Crippen molar-refractivity contribution in [1.82, 2.24) is 0 Å². The van der Waals surface area contributed by atoms with E-state index in [9.17, 15) is 14.4 Å². The quantitative estimate of drug-likeness (QED) is 0.0199. The van der Waals surface area contributed by atoms with E-state index in [1.165, 1.54) is 161 Å². The minimum Gasteiger partial charge on any atom is -0.462 e. The Kier molecular flexibility index (Phi) is 49.8. The van der Waals surface area contributed by atoms with E-state index in [0.29, 0.717) is 19.3 Å². The maximum absolute atomic E-state index is 12.8. The first kappa shape index (κ1) is 60.4. The smallest absolute Gasteiger partial charge is 0.306 e. The molecular formula is C57H102O6. The van der Waals surface area contributed by atoms with Crippen LogP contribution in [0.4, 0.5) is 0 Å². The van der Waals surface area contributed by atoms with Crippen molar-refractivity contribution in [3.8, 4) is 0 Å². The molecule has 0 aliphatic rings. The normalized spacial score (nSPS) is 12.4. The van der Waals surface area contributed by atoms with Crippen LogP contribution in [-0.4, -0.2) is 37.2 Å². The molecule has 63 heavy (non-hydrogen) atoms. The first-order valence-electron chi connectivity index (χ1n) is 27.2. The predicted octanol–water partition coefficient (Wildman–Crippen LogP) is 17.9. The van der Waals surface area contributed by atoms with Crippen LogP contribution in [0.15, 0.2) is 48.6 Å². The third kappa shape index (κ3) is 50.2. The third-order valence-corrected chi connectivity index (χ3v) is 11.9. The number of esters is 3. The van der Waals surface area contributed by atoms with Gasteiger partial charge in [0.2, 0.25) is 0 Å². The first-order chi connectivity index (χ1) is 31.0. The topological polar surface area (TPSA) is 78.9 Å². The highest BCUT2D eigenvalue weighted by Crippen LogP contribution is 2.16. The monoisotopic (exact) mass is 883 g/mol. The average molecular weight is 883 g/mol. The van der Waals surface area contributed by atoms with Crippen LogP contribution in [0, 0.1) is 0 Å². The second kappa shape index (κ2) is 52.0. The van der Waals surface area contributed by atoms with Gasteiger partial charge >= 0.3 is 17.9 Å². The van der Waals surface area contributed by atoms with E-state index < -0.39 is 6.10 Å². The first-order valence-corrected chi connectivity index (χ1v) is 27.2. The van der Waals surface area contributed by atoms with Gasteiger partial charge in [-0.2, -0.15) is 0 Å². The summed E-state index contributed by atoms with van der Waals surface area (Å²) in [6, 6.07) is 0. The van der Waals surface area contributed by atoms with Gasteiger partial charge < -0.3 is 14.2 Å². The molecule has 1 unspecified atom stereocenters. The largest absolute Gasteiger partial charge is 0.462 e. The van der Waals surface area contributed by atoms with Gasteiger partial charge in [-0.1, -0.05) is 243 Å². The summed E-state index contributed by atoms with van der Waals surface area (Å²) in [5, 5.41) is 0. The van der Waals surface area contributed by atoms with Gasteiger partial charge in [-0.05, 0) is 64.2 Å². The molecule has 6 heteroatoms. The van der Waals surface area contributed by atoms with Gasteiger partial charge in [-0.15, -0.1) is 0 Å². The van der Waals surface area contributed by atoms with E-state index in [1.54, 1.807) is 0 Å². The molecule has 0 aliphatic heterocycles. The Bertz CT molecular complexity index is 1110. The standard InChI is InChI=1S/C57H102O6/c1-4-7-10-13-16-19-22-25-27-28-29-31-32-35-38-41-44-47-50-56(59)62-53-54(52-61-55(58)49-46-43-40-37-34-24-21-18-15-12-9-6-3)63-57(60)51-48-45-42-39-36-33-30-26-23-20-17-14-11-8-5-2/h8,11,14,17,20,23,29,31,54H,4-7,9-10,12-13,15-16,18-19,21-22,24-28,30,32-53H2,1-3H3/b11-8-,17-14-,23-20-,31-29-. The van der Waals surface area contributed by atoms with Gasteiger partial charge in [-0.25, -0.2) is 0 Å². The molecule has 0 aromatic rings. The Morgan fingerprint density at radius 2 is 0.635 bits per heavy atom. The van der Waals surface area contributed by atoms with Crippen LogP contribution < -0.4 is 0 Å². The Morgan fingerprint density at radius 1 is 0.333 bits per heavy atom. The molecular weight excluding hydrogens is 781 g/mol. The molecule has 1 atom stereocenters. The highest BCUT2D eigenvalue weighted by Gasteiger charge is 2.19. The molecule has 0 fully saturated rings. The molecule has 0 aromatic heterocycles. The number of hydrogen-bond acceptors (Lipinski definition) is 6. The number of carbonyl (C=O) groups is 3. The summed E-state index contributed by atoms with van der Waals surface area (Å²) in [6.07, 6.45) is 62.4. The van der Waals surface area contributed by atoms with E-state index in [2.05, 4.69) is 69.4 Å². The zero-order valence-electron chi connectivity index (χ0n) is 41.8. The predicted molar refractivity (Wildman–Crippen MR) is 270 cm³/mol. The van der Waals surface area contributed by atoms with Gasteiger partial charge in [0.25, 0.3) is 0 Å². The molecule has 0 saturated heterocycles. The molecule has 366 valence electrons. The van der Waals surface area contributed by atoms with Crippen molar-refractivity contribution in [2.24, 2.45) is 0 Å². The van der Waals surface area contributed by atoms with Crippen LogP contribution in [0.1, 0.15) is 278 Å². The summed E-state index contributed by atoms with van der Waals surface area (Å²) < 4.78 is 16.8. The second-order valence-corrected chi connectivity index (χ2v) is 18.2. The maximum atomic E-state index is 12.8. The van der Waals surface area contributed by atoms with Gasteiger partial charge in [0.15, 0.2) is 6.10 Å². The summed E-state index contributed by atoms with van der Waals surface area (Å²) in [5.74, 6) is -0.889. The van der Waals surface area contributed by atoms with Gasteiger partial charge in [-0.3, -0.25) is 14.4 Å². The molecule has 0 spiro atoms. The van der Waals surface area contributed by atoms with Crippen molar-refractivity contribution >= 4 is 17.9 Å². The van der Waals surface area contributed by atoms with E-state index in [-0.39, 0.29) is 31.1 Å². The van der Waals surface area contributed by atoms with Crippen molar-refractivity contribution in [2.75, 3.05) is 13.2 Å². The minimum absolute atomic E-state index is 0.0782. The van der Waals surface area contributed by atoms with Crippen LogP contribution >= 0.6 is 0 Å². The number of rotatable bonds is 49. The summed E-state index contributed by atoms with van der Waals surface area (Å²) in [7, 11) is 0. The van der Waals surface area contributed by atoms with E-state index in [1.807, 2.05) is 0 Å². The fourth-order valence-electron chi connectivity index (χ4n) is 7.79. The van der Waals surface area contributed by atoms with Crippen LogP contribution in [0.3, 0.4) is 0 Å². The number of carbonyl (C=O) groups excluding carboxylic acids is 3. The molecule has 0 N–H and O–H groups in total.